The summed E-state index contributed by atoms with van der Waals surface area (Å²) in [5.74, 6) is -5.12. The smallest absolute Gasteiger partial charge is 0.286 e. The molecule has 0 saturated carbocycles. The fourth-order valence-electron chi connectivity index (χ4n) is 5.81. The summed E-state index contributed by atoms with van der Waals surface area (Å²) in [5.41, 5.74) is 8.87. The average molecular weight is 735 g/mol. The molecule has 0 aliphatic carbocycles. The van der Waals surface area contributed by atoms with Gasteiger partial charge in [-0.2, -0.15) is 0 Å². The maximum Gasteiger partial charge on any atom is 0.286 e. The number of hydrogen-bond acceptors (Lipinski definition) is 9. The zero-order chi connectivity index (χ0) is 39.8. The number of primary amides is 1. The van der Waals surface area contributed by atoms with Gasteiger partial charge in [0.15, 0.2) is 17.3 Å². The molecule has 0 spiro atoms. The molecule has 0 aliphatic rings. The van der Waals surface area contributed by atoms with Crippen LogP contribution in [0.2, 0.25) is 13.1 Å². The molecule has 13 nitrogen and oxygen atoms in total. The highest BCUT2D eigenvalue weighted by Crippen LogP contribution is 2.21. The summed E-state index contributed by atoms with van der Waals surface area (Å²) in [6.45, 7) is 7.15. The Kier molecular flexibility index (Phi) is 18.2. The number of aryl methyl sites for hydroxylation is 1. The third-order valence-electron chi connectivity index (χ3n) is 9.14. The van der Waals surface area contributed by atoms with Crippen molar-refractivity contribution in [3.8, 4) is 11.1 Å². The van der Waals surface area contributed by atoms with Gasteiger partial charge in [-0.25, -0.2) is 0 Å². The molecule has 0 aliphatic heterocycles. The van der Waals surface area contributed by atoms with Crippen molar-refractivity contribution in [1.29, 1.82) is 0 Å². The lowest BCUT2D eigenvalue weighted by Gasteiger charge is -2.30. The molecule has 2 aromatic rings. The highest BCUT2D eigenvalue weighted by Gasteiger charge is 2.34. The fraction of sp³-hybridized carbons (Fsp3) is 0.513. The van der Waals surface area contributed by atoms with Crippen LogP contribution in [0.5, 0.6) is 0 Å². The minimum Gasteiger partial charge on any atom is -0.451 e. The number of hydrogen-bond donors (Lipinski definition) is 5. The van der Waals surface area contributed by atoms with Gasteiger partial charge in [-0.1, -0.05) is 63.5 Å². The summed E-state index contributed by atoms with van der Waals surface area (Å²) < 4.78 is 0. The number of Topliss-reactive ketones (excluding diaryl/α,β-unsaturated/α-hetero) is 3. The molecule has 5 atom stereocenters. The average Bonchev–Trinajstić information content (AvgIpc) is 3.11. The summed E-state index contributed by atoms with van der Waals surface area (Å²) in [4.78, 5) is 90.1. The number of nitrogens with one attached hydrogen (secondary N) is 2. The molecular weight excluding hydrogens is 679 g/mol. The highest BCUT2D eigenvalue weighted by atomic mass is 16.3. The molecule has 0 aromatic heterocycles. The van der Waals surface area contributed by atoms with Gasteiger partial charge in [0.1, 0.15) is 6.04 Å². The van der Waals surface area contributed by atoms with Crippen LogP contribution in [-0.2, 0) is 35.2 Å². The Morgan fingerprint density at radius 1 is 0.811 bits per heavy atom. The predicted molar refractivity (Wildman–Crippen MR) is 203 cm³/mol. The number of ketones is 3. The number of aliphatic hydroxyl groups excluding tert-OH is 1. The quantitative estimate of drug-likeness (QED) is 0.106. The van der Waals surface area contributed by atoms with E-state index in [4.69, 9.17) is 5.73 Å². The van der Waals surface area contributed by atoms with Gasteiger partial charge in [-0.3, -0.25) is 33.6 Å². The monoisotopic (exact) mass is 734 g/mol. The summed E-state index contributed by atoms with van der Waals surface area (Å²) in [5, 5.41) is 25.0. The van der Waals surface area contributed by atoms with Gasteiger partial charge in [0.2, 0.25) is 17.7 Å². The van der Waals surface area contributed by atoms with E-state index >= 15 is 0 Å². The number of aliphatic hydroxyl groups is 1. The Hall–Kier alpha value is -4.69. The standard InChI is InChI=1S/C39H55BN4O9/c1-7-8-9-27-10-12-28(13-11-27)29-14-16-30(17-15-29)39(52)42-25(3)32(46)18-19-36(50)44(6)37(26(4)45)34(48)22-24(2)38(51)43-31(23-35(41)49)33(47)20-21-40(5)53/h10-17,24-26,31,37,45,53H,7-9,18-23H2,1-6H3,(H2,41,49)(H,42,52)(H,43,51)/t24-,25-,26?,31+,37+/m1/s1. The van der Waals surface area contributed by atoms with Crippen LogP contribution in [0.4, 0.5) is 0 Å². The second kappa shape index (κ2) is 21.7. The number of likely N-dealkylation sites (N-methyl/N-ethyl adjacent to an activating group) is 1. The number of nitrogens with zero attached hydrogens (tertiary/aromatic N) is 1. The molecule has 4 amide bonds. The normalized spacial score (nSPS) is 13.8. The van der Waals surface area contributed by atoms with Crippen LogP contribution in [0, 0.1) is 5.92 Å². The van der Waals surface area contributed by atoms with Crippen molar-refractivity contribution in [3.63, 3.8) is 0 Å². The zero-order valence-electron chi connectivity index (χ0n) is 31.7. The van der Waals surface area contributed by atoms with Crippen molar-refractivity contribution < 1.29 is 43.7 Å². The lowest BCUT2D eigenvalue weighted by Crippen LogP contribution is -2.50. The summed E-state index contributed by atoms with van der Waals surface area (Å²) in [6, 6.07) is 11.9. The first-order chi connectivity index (χ1) is 24.9. The van der Waals surface area contributed by atoms with Gasteiger partial charge in [0.05, 0.1) is 24.6 Å². The zero-order valence-corrected chi connectivity index (χ0v) is 31.7. The predicted octanol–water partition coefficient (Wildman–Crippen LogP) is 2.90. The van der Waals surface area contributed by atoms with E-state index in [9.17, 15) is 43.7 Å². The van der Waals surface area contributed by atoms with Crippen LogP contribution in [0.3, 0.4) is 0 Å². The third kappa shape index (κ3) is 14.7. The lowest BCUT2D eigenvalue weighted by atomic mass is 9.66. The van der Waals surface area contributed by atoms with Gasteiger partial charge >= 0.3 is 0 Å². The molecule has 288 valence electrons. The number of unbranched alkanes of at least 4 members (excludes halogenated alkanes) is 1. The third-order valence-corrected chi connectivity index (χ3v) is 9.14. The van der Waals surface area contributed by atoms with Crippen molar-refractivity contribution >= 4 is 47.9 Å². The highest BCUT2D eigenvalue weighted by molar-refractivity contribution is 6.48. The van der Waals surface area contributed by atoms with Gasteiger partial charge < -0.3 is 31.4 Å². The van der Waals surface area contributed by atoms with Gasteiger partial charge in [-0.05, 0) is 61.8 Å². The Morgan fingerprint density at radius 2 is 1.40 bits per heavy atom. The van der Waals surface area contributed by atoms with E-state index in [1.165, 1.54) is 40.2 Å². The number of nitrogens with two attached hydrogens (primary N) is 1. The van der Waals surface area contributed by atoms with Crippen LogP contribution in [0.25, 0.3) is 11.1 Å². The SMILES string of the molecule is CCCCc1ccc(-c2ccc(C(=O)N[C@H](C)C(=O)CCC(=O)N(C)[C@H](C(=O)C[C@@H](C)C(=O)N[C@@H](CC(N)=O)C(=O)CCB(C)O)C(C)O)cc2)cc1. The van der Waals surface area contributed by atoms with E-state index in [0.717, 1.165) is 35.3 Å². The van der Waals surface area contributed by atoms with Crippen molar-refractivity contribution in [1.82, 2.24) is 15.5 Å². The molecular formula is C39H55BN4O9. The molecule has 2 aromatic carbocycles. The van der Waals surface area contributed by atoms with Crippen LogP contribution in [-0.4, -0.2) is 94.2 Å². The summed E-state index contributed by atoms with van der Waals surface area (Å²) >= 11 is 0. The topological polar surface area (TPSA) is 213 Å². The first-order valence-electron chi connectivity index (χ1n) is 18.2. The van der Waals surface area contributed by atoms with Crippen molar-refractivity contribution in [2.75, 3.05) is 7.05 Å². The molecule has 53 heavy (non-hydrogen) atoms. The molecule has 0 saturated heterocycles. The molecule has 0 radical (unpaired) electrons. The first kappa shape index (κ1) is 44.5. The molecule has 6 N–H and O–H groups in total. The van der Waals surface area contributed by atoms with E-state index in [1.807, 2.05) is 12.1 Å². The lowest BCUT2D eigenvalue weighted by molar-refractivity contribution is -0.143. The summed E-state index contributed by atoms with van der Waals surface area (Å²) in [7, 11) is 1.31. The Labute approximate surface area is 312 Å². The van der Waals surface area contributed by atoms with Gasteiger partial charge in [0.25, 0.3) is 12.8 Å². The second-order valence-electron chi connectivity index (χ2n) is 13.9. The van der Waals surface area contributed by atoms with Crippen molar-refractivity contribution in [2.45, 2.75) is 116 Å². The van der Waals surface area contributed by atoms with E-state index in [2.05, 4.69) is 41.8 Å². The van der Waals surface area contributed by atoms with Crippen LogP contribution in [0.15, 0.2) is 48.5 Å². The molecule has 0 bridgehead atoms. The van der Waals surface area contributed by atoms with Crippen LogP contribution >= 0.6 is 0 Å². The first-order valence-corrected chi connectivity index (χ1v) is 18.2. The summed E-state index contributed by atoms with van der Waals surface area (Å²) in [6.07, 6.45) is 0.609. The van der Waals surface area contributed by atoms with E-state index in [1.54, 1.807) is 12.1 Å². The minimum absolute atomic E-state index is 0.100. The maximum absolute atomic E-state index is 13.3. The molecule has 14 heteroatoms. The Bertz CT molecular complexity index is 1580. The maximum atomic E-state index is 13.3. The Balaban J connectivity index is 1.93. The largest absolute Gasteiger partial charge is 0.451 e. The van der Waals surface area contributed by atoms with Crippen molar-refractivity contribution in [2.24, 2.45) is 11.7 Å². The Morgan fingerprint density at radius 3 is 1.92 bits per heavy atom. The minimum atomic E-state index is -1.33. The molecule has 0 heterocycles. The van der Waals surface area contributed by atoms with Gasteiger partial charge in [-0.15, -0.1) is 0 Å². The molecule has 1 unspecified atom stereocenters. The van der Waals surface area contributed by atoms with E-state index in [-0.39, 0.29) is 25.6 Å². The van der Waals surface area contributed by atoms with Crippen LogP contribution in [0.1, 0.15) is 88.6 Å². The van der Waals surface area contributed by atoms with E-state index < -0.39 is 90.9 Å². The number of carbonyl (C=O) groups excluding carboxylic acids is 7. The number of amides is 4. The second-order valence-corrected chi connectivity index (χ2v) is 13.9. The number of carbonyl (C=O) groups is 7. The molecule has 0 fully saturated rings. The number of benzene rings is 2. The molecule has 2 rings (SSSR count). The number of rotatable bonds is 23. The van der Waals surface area contributed by atoms with Gasteiger partial charge in [0, 0.05) is 44.2 Å². The fourth-order valence-corrected chi connectivity index (χ4v) is 5.81. The van der Waals surface area contributed by atoms with Crippen LogP contribution < -0.4 is 16.4 Å². The van der Waals surface area contributed by atoms with Crippen molar-refractivity contribution in [3.05, 3.63) is 59.7 Å². The van der Waals surface area contributed by atoms with E-state index in [0.29, 0.717) is 5.56 Å².